The van der Waals surface area contributed by atoms with Gasteiger partial charge in [-0.2, -0.15) is 5.10 Å². The molecule has 1 fully saturated rings. The number of aryl methyl sites for hydroxylation is 1. The summed E-state index contributed by atoms with van der Waals surface area (Å²) in [6.45, 7) is 2.75. The molecule has 1 aliphatic carbocycles. The Kier molecular flexibility index (Phi) is 3.27. The van der Waals surface area contributed by atoms with Crippen molar-refractivity contribution in [2.24, 2.45) is 0 Å². The molecule has 0 unspecified atom stereocenters. The fourth-order valence-corrected chi connectivity index (χ4v) is 2.62. The summed E-state index contributed by atoms with van der Waals surface area (Å²) in [5.41, 5.74) is 1.34. The first kappa shape index (κ1) is 11.2. The molecule has 0 saturated heterocycles. The third kappa shape index (κ3) is 1.96. The summed E-state index contributed by atoms with van der Waals surface area (Å²) in [6, 6.07) is 0. The zero-order valence-corrected chi connectivity index (χ0v) is 9.65. The van der Waals surface area contributed by atoms with Crippen LogP contribution in [0.1, 0.15) is 61.0 Å². The summed E-state index contributed by atoms with van der Waals surface area (Å²) in [7, 11) is 0. The van der Waals surface area contributed by atoms with Crippen LogP contribution in [0.15, 0.2) is 6.20 Å². The Hall–Kier alpha value is -1.32. The number of hydrogen-bond donors (Lipinski definition) is 1. The zero-order chi connectivity index (χ0) is 11.5. The molecule has 0 spiro atoms. The average molecular weight is 222 g/mol. The van der Waals surface area contributed by atoms with Crippen molar-refractivity contribution >= 4 is 5.97 Å². The van der Waals surface area contributed by atoms with E-state index >= 15 is 0 Å². The highest BCUT2D eigenvalue weighted by Crippen LogP contribution is 2.34. The Labute approximate surface area is 95.3 Å². The van der Waals surface area contributed by atoms with Gasteiger partial charge in [0.25, 0.3) is 0 Å². The van der Waals surface area contributed by atoms with E-state index in [9.17, 15) is 4.79 Å². The maximum Gasteiger partial charge on any atom is 0.339 e. The first-order valence-corrected chi connectivity index (χ1v) is 6.03. The van der Waals surface area contributed by atoms with Crippen LogP contribution in [0.3, 0.4) is 0 Å². The number of aromatic nitrogens is 2. The molecular weight excluding hydrogens is 204 g/mol. The van der Waals surface area contributed by atoms with Crippen molar-refractivity contribution in [1.29, 1.82) is 0 Å². The summed E-state index contributed by atoms with van der Waals surface area (Å²) < 4.78 is 1.85. The third-order valence-corrected chi connectivity index (χ3v) is 3.40. The second kappa shape index (κ2) is 4.68. The molecule has 1 saturated carbocycles. The molecule has 2 rings (SSSR count). The zero-order valence-electron chi connectivity index (χ0n) is 9.65. The molecule has 1 heterocycles. The van der Waals surface area contributed by atoms with Crippen molar-refractivity contribution < 1.29 is 9.90 Å². The Morgan fingerprint density at radius 1 is 1.50 bits per heavy atom. The van der Waals surface area contributed by atoms with Crippen molar-refractivity contribution in [3.8, 4) is 0 Å². The molecule has 88 valence electrons. The van der Waals surface area contributed by atoms with Gasteiger partial charge in [0.15, 0.2) is 0 Å². The van der Waals surface area contributed by atoms with Crippen LogP contribution < -0.4 is 0 Å². The van der Waals surface area contributed by atoms with Gasteiger partial charge < -0.3 is 5.11 Å². The number of carbonyl (C=O) groups is 1. The van der Waals surface area contributed by atoms with E-state index < -0.39 is 5.97 Å². The van der Waals surface area contributed by atoms with Gasteiger partial charge in [-0.1, -0.05) is 19.3 Å². The number of hydrogen-bond acceptors (Lipinski definition) is 2. The molecule has 0 radical (unpaired) electrons. The van der Waals surface area contributed by atoms with E-state index in [1.165, 1.54) is 25.5 Å². The second-order valence-electron chi connectivity index (χ2n) is 4.40. The molecule has 1 aromatic rings. The molecule has 0 aromatic carbocycles. The van der Waals surface area contributed by atoms with E-state index in [0.29, 0.717) is 11.5 Å². The van der Waals surface area contributed by atoms with Gasteiger partial charge in [0.2, 0.25) is 0 Å². The normalized spacial score (nSPS) is 17.6. The summed E-state index contributed by atoms with van der Waals surface area (Å²) >= 11 is 0. The maximum absolute atomic E-state index is 11.1. The molecular formula is C12H18N2O2. The van der Waals surface area contributed by atoms with E-state index in [-0.39, 0.29) is 0 Å². The van der Waals surface area contributed by atoms with E-state index in [1.54, 1.807) is 0 Å². The first-order valence-electron chi connectivity index (χ1n) is 6.03. The highest BCUT2D eigenvalue weighted by Gasteiger charge is 2.25. The minimum Gasteiger partial charge on any atom is -0.478 e. The first-order chi connectivity index (χ1) is 7.74. The van der Waals surface area contributed by atoms with Gasteiger partial charge in [0, 0.05) is 12.5 Å². The summed E-state index contributed by atoms with van der Waals surface area (Å²) in [4.78, 5) is 11.1. The van der Waals surface area contributed by atoms with Crippen molar-refractivity contribution in [1.82, 2.24) is 9.78 Å². The van der Waals surface area contributed by atoms with Crippen LogP contribution in [0.25, 0.3) is 0 Å². The van der Waals surface area contributed by atoms with Gasteiger partial charge in [-0.3, -0.25) is 4.68 Å². The predicted octanol–water partition coefficient (Wildman–Crippen LogP) is 2.65. The van der Waals surface area contributed by atoms with E-state index in [0.717, 1.165) is 25.1 Å². The standard InChI is InChI=1S/C12H18N2O2/c1-2-14-11(9-6-4-3-5-7-9)10(8-13-14)12(15)16/h8-9H,2-7H2,1H3,(H,15,16). The highest BCUT2D eigenvalue weighted by atomic mass is 16.4. The molecule has 0 atom stereocenters. The van der Waals surface area contributed by atoms with Crippen LogP contribution in [0, 0.1) is 0 Å². The van der Waals surface area contributed by atoms with E-state index in [2.05, 4.69) is 5.10 Å². The van der Waals surface area contributed by atoms with Gasteiger partial charge in [-0.25, -0.2) is 4.79 Å². The lowest BCUT2D eigenvalue weighted by Crippen LogP contribution is -2.14. The van der Waals surface area contributed by atoms with Crippen molar-refractivity contribution in [3.63, 3.8) is 0 Å². The number of rotatable bonds is 3. The molecule has 1 aromatic heterocycles. The molecule has 4 heteroatoms. The monoisotopic (exact) mass is 222 g/mol. The molecule has 16 heavy (non-hydrogen) atoms. The molecule has 0 amide bonds. The van der Waals surface area contributed by atoms with Gasteiger partial charge in [-0.15, -0.1) is 0 Å². The Bertz CT molecular complexity index is 378. The van der Waals surface area contributed by atoms with Crippen molar-refractivity contribution in [2.75, 3.05) is 0 Å². The van der Waals surface area contributed by atoms with Gasteiger partial charge >= 0.3 is 5.97 Å². The second-order valence-corrected chi connectivity index (χ2v) is 4.40. The Morgan fingerprint density at radius 2 is 2.19 bits per heavy atom. The molecule has 0 bridgehead atoms. The Morgan fingerprint density at radius 3 is 2.75 bits per heavy atom. The van der Waals surface area contributed by atoms with E-state index in [4.69, 9.17) is 5.11 Å². The van der Waals surface area contributed by atoms with Gasteiger partial charge in [-0.05, 0) is 19.8 Å². The average Bonchev–Trinajstić information content (AvgIpc) is 2.73. The topological polar surface area (TPSA) is 55.1 Å². The highest BCUT2D eigenvalue weighted by molar-refractivity contribution is 5.88. The number of nitrogens with zero attached hydrogens (tertiary/aromatic N) is 2. The largest absolute Gasteiger partial charge is 0.478 e. The molecule has 1 N–H and O–H groups in total. The van der Waals surface area contributed by atoms with Crippen LogP contribution in [-0.4, -0.2) is 20.9 Å². The minimum atomic E-state index is -0.847. The lowest BCUT2D eigenvalue weighted by Gasteiger charge is -2.23. The van der Waals surface area contributed by atoms with Crippen LogP contribution in [-0.2, 0) is 6.54 Å². The summed E-state index contributed by atoms with van der Waals surface area (Å²) in [5, 5.41) is 13.3. The molecule has 4 nitrogen and oxygen atoms in total. The van der Waals surface area contributed by atoms with Crippen LogP contribution in [0.4, 0.5) is 0 Å². The lowest BCUT2D eigenvalue weighted by atomic mass is 9.85. The number of aromatic carboxylic acids is 1. The van der Waals surface area contributed by atoms with Gasteiger partial charge in [0.05, 0.1) is 11.9 Å². The summed E-state index contributed by atoms with van der Waals surface area (Å²) in [5.74, 6) is -0.456. The van der Waals surface area contributed by atoms with E-state index in [1.807, 2.05) is 11.6 Å². The van der Waals surface area contributed by atoms with Gasteiger partial charge in [0.1, 0.15) is 5.56 Å². The number of carboxylic acids is 1. The van der Waals surface area contributed by atoms with Crippen molar-refractivity contribution in [3.05, 3.63) is 17.5 Å². The molecule has 0 aliphatic heterocycles. The van der Waals surface area contributed by atoms with Crippen LogP contribution in [0.5, 0.6) is 0 Å². The fraction of sp³-hybridized carbons (Fsp3) is 0.667. The Balaban J connectivity index is 2.34. The SMILES string of the molecule is CCn1ncc(C(=O)O)c1C1CCCCC1. The minimum absolute atomic E-state index is 0.391. The smallest absolute Gasteiger partial charge is 0.339 e. The lowest BCUT2D eigenvalue weighted by molar-refractivity contribution is 0.0694. The fourth-order valence-electron chi connectivity index (χ4n) is 2.62. The maximum atomic E-state index is 11.1. The van der Waals surface area contributed by atoms with Crippen LogP contribution >= 0.6 is 0 Å². The predicted molar refractivity (Wildman–Crippen MR) is 60.7 cm³/mol. The summed E-state index contributed by atoms with van der Waals surface area (Å²) in [6.07, 6.45) is 7.39. The van der Waals surface area contributed by atoms with Crippen LogP contribution in [0.2, 0.25) is 0 Å². The molecule has 1 aliphatic rings. The number of carboxylic acid groups (broad SMARTS) is 1. The quantitative estimate of drug-likeness (QED) is 0.855. The van der Waals surface area contributed by atoms with Crippen molar-refractivity contribution in [2.45, 2.75) is 51.5 Å². The third-order valence-electron chi connectivity index (χ3n) is 3.40.